The predicted octanol–water partition coefficient (Wildman–Crippen LogP) is 2.98. The third-order valence-corrected chi connectivity index (χ3v) is 3.61. The van der Waals surface area contributed by atoms with Crippen molar-refractivity contribution in [3.8, 4) is 0 Å². The van der Waals surface area contributed by atoms with Crippen LogP contribution in [0.1, 0.15) is 23.6 Å². The smallest absolute Gasteiger partial charge is 0.0409 e. The second-order valence-corrected chi connectivity index (χ2v) is 4.83. The van der Waals surface area contributed by atoms with Crippen molar-refractivity contribution in [2.24, 2.45) is 5.73 Å². The summed E-state index contributed by atoms with van der Waals surface area (Å²) in [6.07, 6.45) is 1.05. The van der Waals surface area contributed by atoms with Crippen molar-refractivity contribution in [3.05, 3.63) is 34.3 Å². The van der Waals surface area contributed by atoms with Gasteiger partial charge in [0.15, 0.2) is 0 Å². The molecule has 1 aromatic rings. The lowest BCUT2D eigenvalue weighted by molar-refractivity contribution is 0.705. The molecule has 13 heavy (non-hydrogen) atoms. The van der Waals surface area contributed by atoms with Gasteiger partial charge in [0.2, 0.25) is 0 Å². The van der Waals surface area contributed by atoms with Crippen LogP contribution in [0, 0.1) is 0 Å². The van der Waals surface area contributed by atoms with Crippen LogP contribution in [0.3, 0.4) is 0 Å². The average molecular weight is 214 g/mol. The van der Waals surface area contributed by atoms with Gasteiger partial charge < -0.3 is 5.73 Å². The lowest BCUT2D eigenvalue weighted by Gasteiger charge is -2.11. The highest BCUT2D eigenvalue weighted by molar-refractivity contribution is 7.98. The molecule has 1 aromatic carbocycles. The maximum Gasteiger partial charge on any atom is 0.0409 e. The first-order valence-corrected chi connectivity index (χ1v) is 5.92. The summed E-state index contributed by atoms with van der Waals surface area (Å²) >= 11 is 7.88. The monoisotopic (exact) mass is 213 g/mol. The molecular weight excluding hydrogens is 202 g/mol. The molecule has 2 rings (SSSR count). The minimum atomic E-state index is 0.170. The highest BCUT2D eigenvalue weighted by Gasteiger charge is 2.15. The zero-order valence-electron chi connectivity index (χ0n) is 7.29. The summed E-state index contributed by atoms with van der Waals surface area (Å²) in [5.74, 6) is 2.22. The third kappa shape index (κ3) is 2.01. The Kier molecular flexibility index (Phi) is 2.82. The highest BCUT2D eigenvalue weighted by Crippen LogP contribution is 2.30. The van der Waals surface area contributed by atoms with E-state index in [1.54, 1.807) is 0 Å². The van der Waals surface area contributed by atoms with E-state index in [4.69, 9.17) is 17.3 Å². The Balaban J connectivity index is 2.43. The van der Waals surface area contributed by atoms with Crippen LogP contribution in [0.4, 0.5) is 0 Å². The number of nitrogens with two attached hydrogens (primary N) is 1. The number of hydrogen-bond donors (Lipinski definition) is 1. The SMILES string of the molecule is NC1CCSCc2ccc(Cl)cc21. The van der Waals surface area contributed by atoms with Gasteiger partial charge in [0.1, 0.15) is 0 Å². The fourth-order valence-electron chi connectivity index (χ4n) is 1.59. The Morgan fingerprint density at radius 1 is 1.46 bits per heavy atom. The zero-order valence-corrected chi connectivity index (χ0v) is 8.87. The molecule has 70 valence electrons. The van der Waals surface area contributed by atoms with E-state index in [9.17, 15) is 0 Å². The minimum absolute atomic E-state index is 0.170. The molecule has 1 aliphatic heterocycles. The van der Waals surface area contributed by atoms with Crippen molar-refractivity contribution >= 4 is 23.4 Å². The van der Waals surface area contributed by atoms with Gasteiger partial charge in [-0.05, 0) is 35.4 Å². The van der Waals surface area contributed by atoms with E-state index in [1.807, 2.05) is 23.9 Å². The van der Waals surface area contributed by atoms with Gasteiger partial charge in [-0.15, -0.1) is 0 Å². The molecule has 3 heteroatoms. The van der Waals surface area contributed by atoms with Crippen LogP contribution < -0.4 is 5.73 Å². The van der Waals surface area contributed by atoms with Crippen molar-refractivity contribution in [3.63, 3.8) is 0 Å². The van der Waals surface area contributed by atoms with Gasteiger partial charge in [0, 0.05) is 16.8 Å². The number of halogens is 1. The van der Waals surface area contributed by atoms with Gasteiger partial charge in [-0.2, -0.15) is 11.8 Å². The molecule has 0 aliphatic carbocycles. The lowest BCUT2D eigenvalue weighted by Crippen LogP contribution is -2.11. The molecule has 0 saturated heterocycles. The maximum absolute atomic E-state index is 6.04. The van der Waals surface area contributed by atoms with Gasteiger partial charge >= 0.3 is 0 Å². The van der Waals surface area contributed by atoms with Crippen LogP contribution in [0.25, 0.3) is 0 Å². The second-order valence-electron chi connectivity index (χ2n) is 3.29. The molecule has 0 radical (unpaired) electrons. The first-order chi connectivity index (χ1) is 6.27. The van der Waals surface area contributed by atoms with E-state index >= 15 is 0 Å². The Bertz CT molecular complexity index is 314. The van der Waals surface area contributed by atoms with Crippen LogP contribution in [-0.2, 0) is 5.75 Å². The van der Waals surface area contributed by atoms with Gasteiger partial charge in [0.25, 0.3) is 0 Å². The predicted molar refractivity (Wildman–Crippen MR) is 59.2 cm³/mol. The third-order valence-electron chi connectivity index (χ3n) is 2.34. The van der Waals surface area contributed by atoms with Crippen LogP contribution in [0.5, 0.6) is 0 Å². The fraction of sp³-hybridized carbons (Fsp3) is 0.400. The van der Waals surface area contributed by atoms with Crippen LogP contribution in [-0.4, -0.2) is 5.75 Å². The molecule has 1 heterocycles. The quantitative estimate of drug-likeness (QED) is 0.717. The molecule has 1 nitrogen and oxygen atoms in total. The Morgan fingerprint density at radius 3 is 3.15 bits per heavy atom. The second kappa shape index (κ2) is 3.91. The summed E-state index contributed by atoms with van der Waals surface area (Å²) < 4.78 is 0. The van der Waals surface area contributed by atoms with E-state index in [0.717, 1.165) is 22.9 Å². The number of fused-ring (bicyclic) bond motifs is 1. The Labute approximate surface area is 87.7 Å². The summed E-state index contributed by atoms with van der Waals surface area (Å²) in [5.41, 5.74) is 8.62. The summed E-state index contributed by atoms with van der Waals surface area (Å²) in [4.78, 5) is 0. The number of hydrogen-bond acceptors (Lipinski definition) is 2. The fourth-order valence-corrected chi connectivity index (χ4v) is 2.82. The van der Waals surface area contributed by atoms with Gasteiger partial charge in [-0.1, -0.05) is 17.7 Å². The molecule has 0 amide bonds. The molecule has 2 N–H and O–H groups in total. The van der Waals surface area contributed by atoms with Crippen LogP contribution in [0.2, 0.25) is 5.02 Å². The minimum Gasteiger partial charge on any atom is -0.324 e. The molecule has 0 fully saturated rings. The van der Waals surface area contributed by atoms with E-state index < -0.39 is 0 Å². The first kappa shape index (κ1) is 9.38. The van der Waals surface area contributed by atoms with E-state index in [0.29, 0.717) is 0 Å². The van der Waals surface area contributed by atoms with Crippen molar-refractivity contribution in [1.82, 2.24) is 0 Å². The average Bonchev–Trinajstić information content (AvgIpc) is 2.29. The number of rotatable bonds is 0. The molecule has 0 bridgehead atoms. The molecule has 1 atom stereocenters. The topological polar surface area (TPSA) is 26.0 Å². The summed E-state index contributed by atoms with van der Waals surface area (Å²) in [5, 5.41) is 0.793. The van der Waals surface area contributed by atoms with E-state index in [2.05, 4.69) is 6.07 Å². The van der Waals surface area contributed by atoms with Crippen molar-refractivity contribution < 1.29 is 0 Å². The van der Waals surface area contributed by atoms with E-state index in [-0.39, 0.29) is 6.04 Å². The zero-order chi connectivity index (χ0) is 9.26. The molecule has 0 spiro atoms. The molecule has 0 saturated carbocycles. The van der Waals surface area contributed by atoms with Crippen LogP contribution >= 0.6 is 23.4 Å². The van der Waals surface area contributed by atoms with Crippen molar-refractivity contribution in [2.75, 3.05) is 5.75 Å². The standard InChI is InChI=1S/C10H12ClNS/c11-8-2-1-7-6-13-4-3-10(12)9(7)5-8/h1-2,5,10H,3-4,6,12H2. The summed E-state index contributed by atoms with van der Waals surface area (Å²) in [6.45, 7) is 0. The molecular formula is C10H12ClNS. The molecule has 1 unspecified atom stereocenters. The molecule has 1 aliphatic rings. The number of benzene rings is 1. The Hall–Kier alpha value is -0.180. The van der Waals surface area contributed by atoms with Gasteiger partial charge in [-0.25, -0.2) is 0 Å². The highest BCUT2D eigenvalue weighted by atomic mass is 35.5. The van der Waals surface area contributed by atoms with Crippen molar-refractivity contribution in [2.45, 2.75) is 18.2 Å². The van der Waals surface area contributed by atoms with Gasteiger partial charge in [0.05, 0.1) is 0 Å². The van der Waals surface area contributed by atoms with Crippen LogP contribution in [0.15, 0.2) is 18.2 Å². The summed E-state index contributed by atoms with van der Waals surface area (Å²) in [6, 6.07) is 6.21. The lowest BCUT2D eigenvalue weighted by atomic mass is 10.0. The summed E-state index contributed by atoms with van der Waals surface area (Å²) in [7, 11) is 0. The Morgan fingerprint density at radius 2 is 2.31 bits per heavy atom. The molecule has 0 aromatic heterocycles. The largest absolute Gasteiger partial charge is 0.324 e. The van der Waals surface area contributed by atoms with Crippen molar-refractivity contribution in [1.29, 1.82) is 0 Å². The van der Waals surface area contributed by atoms with Gasteiger partial charge in [-0.3, -0.25) is 0 Å². The number of thioether (sulfide) groups is 1. The first-order valence-electron chi connectivity index (χ1n) is 4.39. The van der Waals surface area contributed by atoms with E-state index in [1.165, 1.54) is 11.1 Å². The normalized spacial score (nSPS) is 22.2. The maximum atomic E-state index is 6.04.